The Labute approximate surface area is 102 Å². The van der Waals surface area contributed by atoms with E-state index in [-0.39, 0.29) is 5.97 Å². The minimum atomic E-state index is -0.295. The zero-order valence-electron chi connectivity index (χ0n) is 10.5. The first-order chi connectivity index (χ1) is 8.13. The van der Waals surface area contributed by atoms with E-state index in [9.17, 15) is 4.79 Å². The fraction of sp³-hybridized carbons (Fsp3) is 0.462. The molecule has 0 saturated carbocycles. The second-order valence-corrected chi connectivity index (χ2v) is 4.44. The Bertz CT molecular complexity index is 429. The van der Waals surface area contributed by atoms with Crippen molar-refractivity contribution < 1.29 is 9.53 Å². The number of ether oxygens (including phenoxy) is 1. The van der Waals surface area contributed by atoms with Gasteiger partial charge < -0.3 is 15.0 Å². The van der Waals surface area contributed by atoms with Gasteiger partial charge in [0.05, 0.1) is 24.0 Å². The molecule has 0 amide bonds. The number of nitrogens with one attached hydrogen (secondary N) is 1. The summed E-state index contributed by atoms with van der Waals surface area (Å²) < 4.78 is 4.72. The lowest BCUT2D eigenvalue weighted by Crippen LogP contribution is -2.38. The van der Waals surface area contributed by atoms with E-state index in [0.29, 0.717) is 11.6 Å². The minimum absolute atomic E-state index is 0.295. The van der Waals surface area contributed by atoms with E-state index in [4.69, 9.17) is 4.74 Å². The summed E-state index contributed by atoms with van der Waals surface area (Å²) in [5, 5.41) is 3.32. The molecule has 92 valence electrons. The van der Waals surface area contributed by atoms with Crippen LogP contribution >= 0.6 is 0 Å². The smallest absolute Gasteiger partial charge is 0.337 e. The van der Waals surface area contributed by atoms with E-state index < -0.39 is 0 Å². The third-order valence-corrected chi connectivity index (χ3v) is 3.02. The maximum absolute atomic E-state index is 11.5. The van der Waals surface area contributed by atoms with Crippen LogP contribution in [-0.4, -0.2) is 32.2 Å². The van der Waals surface area contributed by atoms with Crippen molar-refractivity contribution in [2.75, 3.05) is 30.4 Å². The number of benzene rings is 1. The van der Waals surface area contributed by atoms with E-state index in [1.54, 1.807) is 0 Å². The predicted octanol–water partition coefficient (Wildman–Crippen LogP) is 2.11. The van der Waals surface area contributed by atoms with Gasteiger partial charge in [0.25, 0.3) is 0 Å². The Balaban J connectivity index is 2.36. The number of fused-ring (bicyclic) bond motifs is 1. The summed E-state index contributed by atoms with van der Waals surface area (Å²) in [6, 6.07) is 6.11. The lowest BCUT2D eigenvalue weighted by molar-refractivity contribution is 0.0601. The molecule has 0 saturated heterocycles. The molecule has 0 aliphatic carbocycles. The van der Waals surface area contributed by atoms with Gasteiger partial charge >= 0.3 is 5.97 Å². The molecule has 0 spiro atoms. The molecule has 0 bridgehead atoms. The van der Waals surface area contributed by atoms with Gasteiger partial charge in [-0.15, -0.1) is 0 Å². The normalized spacial score (nSPS) is 14.2. The first-order valence-corrected chi connectivity index (χ1v) is 5.86. The summed E-state index contributed by atoms with van der Waals surface area (Å²) >= 11 is 0. The number of nitrogens with zero attached hydrogens (tertiary/aromatic N) is 1. The molecule has 1 N–H and O–H groups in total. The van der Waals surface area contributed by atoms with Crippen LogP contribution in [0.15, 0.2) is 18.2 Å². The van der Waals surface area contributed by atoms with E-state index >= 15 is 0 Å². The Morgan fingerprint density at radius 1 is 1.47 bits per heavy atom. The van der Waals surface area contributed by atoms with Crippen molar-refractivity contribution in [3.05, 3.63) is 23.8 Å². The molecular weight excluding hydrogens is 216 g/mol. The van der Waals surface area contributed by atoms with Crippen LogP contribution in [0.1, 0.15) is 24.2 Å². The summed E-state index contributed by atoms with van der Waals surface area (Å²) in [5.41, 5.74) is 2.75. The Morgan fingerprint density at radius 2 is 2.24 bits per heavy atom. The van der Waals surface area contributed by atoms with Gasteiger partial charge in [-0.25, -0.2) is 4.79 Å². The maximum Gasteiger partial charge on any atom is 0.337 e. The summed E-state index contributed by atoms with van der Waals surface area (Å²) in [4.78, 5) is 13.8. The van der Waals surface area contributed by atoms with Crippen molar-refractivity contribution in [2.45, 2.75) is 19.9 Å². The molecule has 1 aromatic rings. The first-order valence-electron chi connectivity index (χ1n) is 5.86. The van der Waals surface area contributed by atoms with Crippen molar-refractivity contribution in [3.63, 3.8) is 0 Å². The average Bonchev–Trinajstić information content (AvgIpc) is 2.36. The lowest BCUT2D eigenvalue weighted by atomic mass is 10.1. The summed E-state index contributed by atoms with van der Waals surface area (Å²) in [6.45, 7) is 6.23. The average molecular weight is 234 g/mol. The highest BCUT2D eigenvalue weighted by Gasteiger charge is 2.20. The lowest BCUT2D eigenvalue weighted by Gasteiger charge is -2.35. The molecule has 1 aromatic carbocycles. The van der Waals surface area contributed by atoms with E-state index in [1.807, 2.05) is 18.2 Å². The topological polar surface area (TPSA) is 41.6 Å². The molecule has 4 heteroatoms. The summed E-state index contributed by atoms with van der Waals surface area (Å²) in [7, 11) is 1.40. The third-order valence-electron chi connectivity index (χ3n) is 3.02. The van der Waals surface area contributed by atoms with Crippen LogP contribution in [0.2, 0.25) is 0 Å². The van der Waals surface area contributed by atoms with Gasteiger partial charge in [0.2, 0.25) is 0 Å². The van der Waals surface area contributed by atoms with Crippen molar-refractivity contribution in [3.8, 4) is 0 Å². The monoisotopic (exact) mass is 234 g/mol. The largest absolute Gasteiger partial charge is 0.465 e. The maximum atomic E-state index is 11.5. The van der Waals surface area contributed by atoms with Crippen LogP contribution in [-0.2, 0) is 4.74 Å². The van der Waals surface area contributed by atoms with Crippen LogP contribution in [0.25, 0.3) is 0 Å². The van der Waals surface area contributed by atoms with Crippen LogP contribution in [0, 0.1) is 0 Å². The first kappa shape index (κ1) is 11.8. The highest BCUT2D eigenvalue weighted by molar-refractivity contribution is 5.92. The molecule has 1 heterocycles. The highest BCUT2D eigenvalue weighted by Crippen LogP contribution is 2.31. The van der Waals surface area contributed by atoms with Crippen molar-refractivity contribution in [1.29, 1.82) is 0 Å². The molecule has 17 heavy (non-hydrogen) atoms. The number of hydrogen-bond acceptors (Lipinski definition) is 4. The van der Waals surface area contributed by atoms with E-state index in [2.05, 4.69) is 24.1 Å². The van der Waals surface area contributed by atoms with Gasteiger partial charge in [0.15, 0.2) is 0 Å². The standard InChI is InChI=1S/C13H18N2O2/c1-9(2)15-7-6-14-11-8-10(13(16)17-3)4-5-12(11)15/h4-5,8-9,14H,6-7H2,1-3H3. The number of carbonyl (C=O) groups excluding carboxylic acids is 1. The number of methoxy groups -OCH3 is 1. The quantitative estimate of drug-likeness (QED) is 0.796. The molecule has 2 rings (SSSR count). The van der Waals surface area contributed by atoms with Crippen LogP contribution in [0.4, 0.5) is 11.4 Å². The van der Waals surface area contributed by atoms with Gasteiger partial charge in [-0.2, -0.15) is 0 Å². The predicted molar refractivity (Wildman–Crippen MR) is 68.8 cm³/mol. The molecule has 0 atom stereocenters. The second-order valence-electron chi connectivity index (χ2n) is 4.44. The van der Waals surface area contributed by atoms with Crippen LogP contribution in [0.5, 0.6) is 0 Å². The molecule has 4 nitrogen and oxygen atoms in total. The van der Waals surface area contributed by atoms with Gasteiger partial charge in [0.1, 0.15) is 0 Å². The molecule has 0 fully saturated rings. The zero-order chi connectivity index (χ0) is 12.4. The van der Waals surface area contributed by atoms with E-state index in [0.717, 1.165) is 24.5 Å². The summed E-state index contributed by atoms with van der Waals surface area (Å²) in [5.74, 6) is -0.295. The van der Waals surface area contributed by atoms with Gasteiger partial charge in [-0.1, -0.05) is 0 Å². The molecule has 1 aliphatic rings. The van der Waals surface area contributed by atoms with Gasteiger partial charge in [-0.05, 0) is 32.0 Å². The van der Waals surface area contributed by atoms with Crippen molar-refractivity contribution in [1.82, 2.24) is 0 Å². The zero-order valence-corrected chi connectivity index (χ0v) is 10.5. The van der Waals surface area contributed by atoms with Crippen molar-refractivity contribution >= 4 is 17.3 Å². The Kier molecular flexibility index (Phi) is 3.22. The Morgan fingerprint density at radius 3 is 2.88 bits per heavy atom. The fourth-order valence-corrected chi connectivity index (χ4v) is 2.14. The molecule has 0 aromatic heterocycles. The SMILES string of the molecule is COC(=O)c1ccc2c(c1)NCCN2C(C)C. The van der Waals surface area contributed by atoms with Gasteiger partial charge in [-0.3, -0.25) is 0 Å². The number of carbonyl (C=O) groups is 1. The number of anilines is 2. The summed E-state index contributed by atoms with van der Waals surface area (Å²) in [6.07, 6.45) is 0. The highest BCUT2D eigenvalue weighted by atomic mass is 16.5. The third kappa shape index (κ3) is 2.20. The van der Waals surface area contributed by atoms with Crippen molar-refractivity contribution in [2.24, 2.45) is 0 Å². The number of rotatable bonds is 2. The van der Waals surface area contributed by atoms with E-state index in [1.165, 1.54) is 7.11 Å². The molecular formula is C13H18N2O2. The molecule has 0 radical (unpaired) electrons. The number of hydrogen-bond donors (Lipinski definition) is 1. The second kappa shape index (κ2) is 4.65. The molecule has 1 aliphatic heterocycles. The fourth-order valence-electron chi connectivity index (χ4n) is 2.14. The number of esters is 1. The molecule has 0 unspecified atom stereocenters. The van der Waals surface area contributed by atoms with Gasteiger partial charge in [0, 0.05) is 19.1 Å². The van der Waals surface area contributed by atoms with Crippen LogP contribution < -0.4 is 10.2 Å². The Hall–Kier alpha value is -1.71. The minimum Gasteiger partial charge on any atom is -0.465 e. The van der Waals surface area contributed by atoms with Crippen LogP contribution in [0.3, 0.4) is 0 Å².